The molecule has 2 aromatic rings. The maximum Gasteiger partial charge on any atom is 0.242 e. The number of carbonyl (C=O) groups is 2. The number of para-hydroxylation sites is 1. The average Bonchev–Trinajstić information content (AvgIpc) is 2.99. The summed E-state index contributed by atoms with van der Waals surface area (Å²) in [5, 5.41) is 2.86. The molecule has 3 rings (SSSR count). The number of hydrogen-bond donors (Lipinski definition) is 1. The number of amidine groups is 1. The second kappa shape index (κ2) is 9.76. The summed E-state index contributed by atoms with van der Waals surface area (Å²) < 4.78 is 5.94. The first kappa shape index (κ1) is 21.1. The van der Waals surface area contributed by atoms with Gasteiger partial charge in [-0.2, -0.15) is 0 Å². The Bertz CT molecular complexity index is 946. The first-order chi connectivity index (χ1) is 14.0. The number of aliphatic imine (C=N–C) groups is 1. The topological polar surface area (TPSA) is 71.0 Å². The monoisotopic (exact) mass is 473 g/mol. The van der Waals surface area contributed by atoms with Crippen molar-refractivity contribution in [1.82, 2.24) is 4.90 Å². The van der Waals surface area contributed by atoms with Gasteiger partial charge in [-0.15, -0.1) is 6.58 Å². The summed E-state index contributed by atoms with van der Waals surface area (Å²) in [4.78, 5) is 31.4. The Morgan fingerprint density at radius 3 is 2.69 bits per heavy atom. The number of benzene rings is 2. The summed E-state index contributed by atoms with van der Waals surface area (Å²) in [5.41, 5.74) is 1.37. The van der Waals surface area contributed by atoms with Crippen molar-refractivity contribution in [1.29, 1.82) is 0 Å². The summed E-state index contributed by atoms with van der Waals surface area (Å²) in [6.07, 6.45) is 1.70. The lowest BCUT2D eigenvalue weighted by atomic mass is 10.2. The van der Waals surface area contributed by atoms with Gasteiger partial charge in [0.2, 0.25) is 11.8 Å². The molecule has 1 heterocycles. The highest BCUT2D eigenvalue weighted by Gasteiger charge is 2.38. The van der Waals surface area contributed by atoms with Gasteiger partial charge in [0.15, 0.2) is 5.17 Å². The fourth-order valence-corrected chi connectivity index (χ4v) is 4.27. The number of carbonyl (C=O) groups excluding carboxylic acids is 2. The quantitative estimate of drug-likeness (QED) is 0.596. The van der Waals surface area contributed by atoms with Gasteiger partial charge >= 0.3 is 0 Å². The van der Waals surface area contributed by atoms with Gasteiger partial charge in [0.1, 0.15) is 11.0 Å². The molecule has 1 aliphatic heterocycles. The van der Waals surface area contributed by atoms with E-state index in [0.717, 1.165) is 10.2 Å². The molecule has 150 valence electrons. The van der Waals surface area contributed by atoms with Gasteiger partial charge in [0.25, 0.3) is 0 Å². The third-order valence-electron chi connectivity index (χ3n) is 4.15. The molecule has 2 aromatic carbocycles. The van der Waals surface area contributed by atoms with Gasteiger partial charge in [0, 0.05) is 17.4 Å². The molecule has 0 bridgehead atoms. The van der Waals surface area contributed by atoms with Crippen LogP contribution < -0.4 is 10.1 Å². The zero-order valence-electron chi connectivity index (χ0n) is 15.8. The average molecular weight is 474 g/mol. The molecule has 29 heavy (non-hydrogen) atoms. The Kier molecular flexibility index (Phi) is 7.11. The van der Waals surface area contributed by atoms with Gasteiger partial charge in [0.05, 0.1) is 18.5 Å². The van der Waals surface area contributed by atoms with Crippen LogP contribution in [0.4, 0.5) is 11.4 Å². The van der Waals surface area contributed by atoms with Crippen molar-refractivity contribution < 1.29 is 14.3 Å². The fourth-order valence-electron chi connectivity index (χ4n) is 2.72. The normalized spacial score (nSPS) is 17.4. The predicted molar refractivity (Wildman–Crippen MR) is 121 cm³/mol. The molecular weight excluding hydrogens is 454 g/mol. The maximum atomic E-state index is 12.8. The zero-order chi connectivity index (χ0) is 20.8. The number of rotatable bonds is 7. The second-order valence-electron chi connectivity index (χ2n) is 6.17. The lowest BCUT2D eigenvalue weighted by Gasteiger charge is -2.14. The summed E-state index contributed by atoms with van der Waals surface area (Å²) in [6, 6.07) is 14.6. The molecule has 1 unspecified atom stereocenters. The molecule has 0 spiro atoms. The molecular formula is C21H20BrN3O3S. The maximum absolute atomic E-state index is 12.8. The van der Waals surface area contributed by atoms with E-state index in [-0.39, 0.29) is 18.2 Å². The van der Waals surface area contributed by atoms with Crippen molar-refractivity contribution in [3.8, 4) is 5.75 Å². The van der Waals surface area contributed by atoms with E-state index >= 15 is 0 Å². The van der Waals surface area contributed by atoms with E-state index in [4.69, 9.17) is 4.74 Å². The molecule has 0 radical (unpaired) electrons. The highest BCUT2D eigenvalue weighted by atomic mass is 79.9. The minimum atomic E-state index is -0.533. The minimum Gasteiger partial charge on any atom is -0.497 e. The van der Waals surface area contributed by atoms with E-state index in [1.807, 2.05) is 30.3 Å². The van der Waals surface area contributed by atoms with E-state index in [1.54, 1.807) is 36.3 Å². The Balaban J connectivity index is 1.74. The van der Waals surface area contributed by atoms with Crippen LogP contribution in [0, 0.1) is 0 Å². The van der Waals surface area contributed by atoms with Crippen molar-refractivity contribution in [2.24, 2.45) is 4.99 Å². The van der Waals surface area contributed by atoms with E-state index < -0.39 is 5.25 Å². The highest BCUT2D eigenvalue weighted by molar-refractivity contribution is 9.10. The smallest absolute Gasteiger partial charge is 0.242 e. The number of anilines is 1. The molecule has 0 saturated carbocycles. The van der Waals surface area contributed by atoms with Crippen LogP contribution in [0.15, 0.2) is 70.7 Å². The highest BCUT2D eigenvalue weighted by Crippen LogP contribution is 2.32. The molecule has 1 saturated heterocycles. The van der Waals surface area contributed by atoms with Crippen molar-refractivity contribution >= 4 is 56.0 Å². The molecule has 1 atom stereocenters. The summed E-state index contributed by atoms with van der Waals surface area (Å²) >= 11 is 4.69. The molecule has 6 nitrogen and oxygen atoms in total. The van der Waals surface area contributed by atoms with Crippen molar-refractivity contribution in [3.63, 3.8) is 0 Å². The minimum absolute atomic E-state index is 0.0557. The molecule has 1 fully saturated rings. The van der Waals surface area contributed by atoms with E-state index in [9.17, 15) is 9.59 Å². The lowest BCUT2D eigenvalue weighted by molar-refractivity contribution is -0.127. The first-order valence-corrected chi connectivity index (χ1v) is 10.5. The standard InChI is InChI=1S/C21H20BrN3O3S/c1-3-12-25-20(27)18(13-19(26)24-17-7-5-4-6-16(17)22)29-21(25)23-14-8-10-15(28-2)11-9-14/h3-11,18H,1,12-13H2,2H3,(H,24,26). The zero-order valence-corrected chi connectivity index (χ0v) is 18.2. The van der Waals surface area contributed by atoms with Crippen molar-refractivity contribution in [2.45, 2.75) is 11.7 Å². The summed E-state index contributed by atoms with van der Waals surface area (Å²) in [6.45, 7) is 4.05. The second-order valence-corrected chi connectivity index (χ2v) is 8.19. The van der Waals surface area contributed by atoms with Crippen LogP contribution in [0.25, 0.3) is 0 Å². The summed E-state index contributed by atoms with van der Waals surface area (Å²) in [7, 11) is 1.60. The van der Waals surface area contributed by atoms with Gasteiger partial charge in [-0.25, -0.2) is 4.99 Å². The number of nitrogens with one attached hydrogen (secondary N) is 1. The van der Waals surface area contributed by atoms with Crippen molar-refractivity contribution in [3.05, 3.63) is 65.7 Å². The van der Waals surface area contributed by atoms with Crippen LogP contribution in [0.5, 0.6) is 5.75 Å². The van der Waals surface area contributed by atoms with Crippen molar-refractivity contribution in [2.75, 3.05) is 19.0 Å². The number of nitrogens with zero attached hydrogens (tertiary/aromatic N) is 2. The molecule has 1 N–H and O–H groups in total. The number of amides is 2. The van der Waals surface area contributed by atoms with Gasteiger partial charge in [-0.05, 0) is 52.3 Å². The third kappa shape index (κ3) is 5.27. The van der Waals surface area contributed by atoms with Crippen LogP contribution in [0.3, 0.4) is 0 Å². The Hall–Kier alpha value is -2.58. The molecule has 2 amide bonds. The molecule has 1 aliphatic rings. The van der Waals surface area contributed by atoms with Crippen LogP contribution in [-0.2, 0) is 9.59 Å². The SMILES string of the molecule is C=CCN1C(=O)C(CC(=O)Nc2ccccc2Br)SC1=Nc1ccc(OC)cc1. The van der Waals surface area contributed by atoms with Crippen LogP contribution in [0.2, 0.25) is 0 Å². The predicted octanol–water partition coefficient (Wildman–Crippen LogP) is 4.60. The summed E-state index contributed by atoms with van der Waals surface area (Å²) in [5.74, 6) is 0.352. The van der Waals surface area contributed by atoms with Crippen LogP contribution in [0.1, 0.15) is 6.42 Å². The van der Waals surface area contributed by atoms with Gasteiger partial charge in [-0.1, -0.05) is 30.0 Å². The van der Waals surface area contributed by atoms with E-state index in [2.05, 4.69) is 32.8 Å². The number of hydrogen-bond acceptors (Lipinski definition) is 5. The Labute approximate surface area is 182 Å². The largest absolute Gasteiger partial charge is 0.497 e. The third-order valence-corrected chi connectivity index (χ3v) is 6.01. The molecule has 0 aromatic heterocycles. The number of thioether (sulfide) groups is 1. The first-order valence-electron chi connectivity index (χ1n) is 8.88. The van der Waals surface area contributed by atoms with Gasteiger partial charge < -0.3 is 10.1 Å². The van der Waals surface area contributed by atoms with Gasteiger partial charge in [-0.3, -0.25) is 14.5 Å². The Morgan fingerprint density at radius 1 is 1.31 bits per heavy atom. The number of halogens is 1. The number of ether oxygens (including phenoxy) is 1. The van der Waals surface area contributed by atoms with Crippen LogP contribution >= 0.6 is 27.7 Å². The lowest BCUT2D eigenvalue weighted by Crippen LogP contribution is -2.33. The number of methoxy groups -OCH3 is 1. The molecule has 8 heteroatoms. The van der Waals surface area contributed by atoms with E-state index in [1.165, 1.54) is 11.8 Å². The van der Waals surface area contributed by atoms with Crippen LogP contribution in [-0.4, -0.2) is 40.8 Å². The molecule has 0 aliphatic carbocycles. The Morgan fingerprint density at radius 2 is 2.03 bits per heavy atom. The van der Waals surface area contributed by atoms with E-state index in [0.29, 0.717) is 23.1 Å². The fraction of sp³-hybridized carbons (Fsp3) is 0.190.